The first-order chi connectivity index (χ1) is 11.5. The fraction of sp³-hybridized carbons (Fsp3) is 0.235. The number of carboxylic acid groups (broad SMARTS) is 1. The zero-order valence-electron chi connectivity index (χ0n) is 13.0. The molecule has 0 radical (unpaired) electrons. The van der Waals surface area contributed by atoms with Crippen molar-refractivity contribution in [2.45, 2.75) is 26.3 Å². The zero-order chi connectivity index (χ0) is 17.3. The molecule has 1 aromatic carbocycles. The van der Waals surface area contributed by atoms with Crippen LogP contribution < -0.4 is 0 Å². The van der Waals surface area contributed by atoms with Gasteiger partial charge in [0.05, 0.1) is 11.9 Å². The summed E-state index contributed by atoms with van der Waals surface area (Å²) in [7, 11) is 0. The van der Waals surface area contributed by atoms with E-state index in [4.69, 9.17) is 23.2 Å². The Morgan fingerprint density at radius 2 is 2.04 bits per heavy atom. The van der Waals surface area contributed by atoms with E-state index in [1.165, 1.54) is 0 Å². The van der Waals surface area contributed by atoms with Crippen LogP contribution in [0.15, 0.2) is 30.3 Å². The Morgan fingerprint density at radius 3 is 2.71 bits per heavy atom. The van der Waals surface area contributed by atoms with Gasteiger partial charge in [0.15, 0.2) is 11.3 Å². The average molecular weight is 364 g/mol. The number of aromatic nitrogens is 3. The van der Waals surface area contributed by atoms with Crippen LogP contribution in [0, 0.1) is 0 Å². The summed E-state index contributed by atoms with van der Waals surface area (Å²) in [5.74, 6) is -1.08. The molecule has 0 saturated heterocycles. The standard InChI is InChI=1S/C17H15Cl2N3O2/c1-2-3-12-6-7-13-15(17(23)24)21-22(16(13)20-12)9-10-4-5-11(18)8-14(10)19/h4-8H,2-3,9H2,1H3,(H,23,24). The summed E-state index contributed by atoms with van der Waals surface area (Å²) in [5, 5.41) is 15.2. The number of hydrogen-bond donors (Lipinski definition) is 1. The van der Waals surface area contributed by atoms with Crippen molar-refractivity contribution in [3.8, 4) is 0 Å². The Bertz CT molecular complexity index is 922. The molecule has 0 unspecified atom stereocenters. The highest BCUT2D eigenvalue weighted by atomic mass is 35.5. The molecule has 2 heterocycles. The van der Waals surface area contributed by atoms with Crippen LogP contribution in [0.25, 0.3) is 11.0 Å². The Balaban J connectivity index is 2.11. The van der Waals surface area contributed by atoms with Gasteiger partial charge in [0.1, 0.15) is 0 Å². The van der Waals surface area contributed by atoms with Gasteiger partial charge >= 0.3 is 5.97 Å². The highest BCUT2D eigenvalue weighted by molar-refractivity contribution is 6.35. The smallest absolute Gasteiger partial charge is 0.357 e. The molecule has 2 aromatic heterocycles. The van der Waals surface area contributed by atoms with E-state index in [0.717, 1.165) is 24.1 Å². The molecular formula is C17H15Cl2N3O2. The molecule has 0 saturated carbocycles. The molecule has 1 N–H and O–H groups in total. The summed E-state index contributed by atoms with van der Waals surface area (Å²) >= 11 is 12.1. The lowest BCUT2D eigenvalue weighted by atomic mass is 10.2. The van der Waals surface area contributed by atoms with Gasteiger partial charge in [0.25, 0.3) is 0 Å². The van der Waals surface area contributed by atoms with E-state index >= 15 is 0 Å². The molecule has 124 valence electrons. The first-order valence-electron chi connectivity index (χ1n) is 7.53. The third-order valence-corrected chi connectivity index (χ3v) is 4.28. The van der Waals surface area contributed by atoms with Crippen molar-refractivity contribution in [2.75, 3.05) is 0 Å². The molecule has 7 heteroatoms. The maximum atomic E-state index is 11.5. The topological polar surface area (TPSA) is 68.0 Å². The summed E-state index contributed by atoms with van der Waals surface area (Å²) in [5.41, 5.74) is 2.24. The van der Waals surface area contributed by atoms with Crippen molar-refractivity contribution < 1.29 is 9.90 Å². The number of aromatic carboxylic acids is 1. The van der Waals surface area contributed by atoms with E-state index < -0.39 is 5.97 Å². The van der Waals surface area contributed by atoms with Crippen LogP contribution in [-0.2, 0) is 13.0 Å². The second-order valence-electron chi connectivity index (χ2n) is 5.47. The quantitative estimate of drug-likeness (QED) is 0.727. The van der Waals surface area contributed by atoms with Crippen molar-refractivity contribution in [1.29, 1.82) is 0 Å². The monoisotopic (exact) mass is 363 g/mol. The predicted octanol–water partition coefficient (Wildman–Crippen LogP) is 4.44. The SMILES string of the molecule is CCCc1ccc2c(C(=O)O)nn(Cc3ccc(Cl)cc3Cl)c2n1. The van der Waals surface area contributed by atoms with Crippen LogP contribution in [-0.4, -0.2) is 25.8 Å². The lowest BCUT2D eigenvalue weighted by Gasteiger charge is -2.07. The largest absolute Gasteiger partial charge is 0.476 e. The highest BCUT2D eigenvalue weighted by Gasteiger charge is 2.18. The Morgan fingerprint density at radius 1 is 1.25 bits per heavy atom. The van der Waals surface area contributed by atoms with Crippen molar-refractivity contribution in [3.05, 3.63) is 57.3 Å². The number of nitrogens with zero attached hydrogens (tertiary/aromatic N) is 3. The summed E-state index contributed by atoms with van der Waals surface area (Å²) < 4.78 is 1.58. The van der Waals surface area contributed by atoms with Gasteiger partial charge in [-0.15, -0.1) is 0 Å². The van der Waals surface area contributed by atoms with E-state index in [-0.39, 0.29) is 5.69 Å². The van der Waals surface area contributed by atoms with Gasteiger partial charge in [-0.25, -0.2) is 14.5 Å². The van der Waals surface area contributed by atoms with E-state index in [2.05, 4.69) is 17.0 Å². The minimum Gasteiger partial charge on any atom is -0.476 e. The van der Waals surface area contributed by atoms with Crippen LogP contribution in [0.3, 0.4) is 0 Å². The number of halogens is 2. The zero-order valence-corrected chi connectivity index (χ0v) is 14.5. The Hall–Kier alpha value is -2.11. The van der Waals surface area contributed by atoms with Gasteiger partial charge in [-0.2, -0.15) is 5.10 Å². The van der Waals surface area contributed by atoms with Crippen LogP contribution in [0.1, 0.15) is 35.1 Å². The Kier molecular flexibility index (Phi) is 4.73. The second kappa shape index (κ2) is 6.79. The molecular weight excluding hydrogens is 349 g/mol. The van der Waals surface area contributed by atoms with Gasteiger partial charge in [-0.1, -0.05) is 42.6 Å². The summed E-state index contributed by atoms with van der Waals surface area (Å²) in [6, 6.07) is 8.80. The van der Waals surface area contributed by atoms with Crippen molar-refractivity contribution in [2.24, 2.45) is 0 Å². The summed E-state index contributed by atoms with van der Waals surface area (Å²) in [6.45, 7) is 2.39. The minimum atomic E-state index is -1.08. The van der Waals surface area contributed by atoms with Crippen LogP contribution >= 0.6 is 23.2 Å². The summed E-state index contributed by atoms with van der Waals surface area (Å²) in [4.78, 5) is 16.0. The van der Waals surface area contributed by atoms with Gasteiger partial charge in [-0.3, -0.25) is 0 Å². The number of carboxylic acids is 1. The first-order valence-corrected chi connectivity index (χ1v) is 8.29. The molecule has 0 atom stereocenters. The molecule has 24 heavy (non-hydrogen) atoms. The number of aryl methyl sites for hydroxylation is 1. The minimum absolute atomic E-state index is 0.00867. The molecule has 3 aromatic rings. The van der Waals surface area contributed by atoms with E-state index in [9.17, 15) is 9.90 Å². The normalized spacial score (nSPS) is 11.1. The molecule has 0 fully saturated rings. The summed E-state index contributed by atoms with van der Waals surface area (Å²) in [6.07, 6.45) is 1.78. The number of carbonyl (C=O) groups is 1. The molecule has 0 aliphatic carbocycles. The van der Waals surface area contributed by atoms with Crippen LogP contribution in [0.2, 0.25) is 10.0 Å². The molecule has 0 aliphatic heterocycles. The van der Waals surface area contributed by atoms with E-state index in [1.54, 1.807) is 28.9 Å². The molecule has 0 spiro atoms. The predicted molar refractivity (Wildman–Crippen MR) is 94.0 cm³/mol. The van der Waals surface area contributed by atoms with Gasteiger partial charge in [0, 0.05) is 15.7 Å². The fourth-order valence-electron chi connectivity index (χ4n) is 2.57. The molecule has 0 amide bonds. The van der Waals surface area contributed by atoms with Gasteiger partial charge in [0.2, 0.25) is 0 Å². The molecule has 3 rings (SSSR count). The first kappa shape index (κ1) is 16.7. The lowest BCUT2D eigenvalue weighted by molar-refractivity contribution is 0.0691. The maximum Gasteiger partial charge on any atom is 0.357 e. The number of rotatable bonds is 5. The van der Waals surface area contributed by atoms with E-state index in [1.807, 2.05) is 6.07 Å². The molecule has 0 aliphatic rings. The third-order valence-electron chi connectivity index (χ3n) is 3.70. The highest BCUT2D eigenvalue weighted by Crippen LogP contribution is 2.24. The van der Waals surface area contributed by atoms with Gasteiger partial charge in [-0.05, 0) is 36.2 Å². The number of fused-ring (bicyclic) bond motifs is 1. The number of benzene rings is 1. The fourth-order valence-corrected chi connectivity index (χ4v) is 3.03. The van der Waals surface area contributed by atoms with Crippen LogP contribution in [0.5, 0.6) is 0 Å². The van der Waals surface area contributed by atoms with Gasteiger partial charge < -0.3 is 5.11 Å². The van der Waals surface area contributed by atoms with E-state index in [0.29, 0.717) is 27.6 Å². The molecule has 5 nitrogen and oxygen atoms in total. The van der Waals surface area contributed by atoms with Crippen LogP contribution in [0.4, 0.5) is 0 Å². The molecule has 0 bridgehead atoms. The van der Waals surface area contributed by atoms with Crippen molar-refractivity contribution in [1.82, 2.24) is 14.8 Å². The number of hydrogen-bond acceptors (Lipinski definition) is 3. The van der Waals surface area contributed by atoms with Crippen molar-refractivity contribution >= 4 is 40.2 Å². The maximum absolute atomic E-state index is 11.5. The Labute approximate surface area is 148 Å². The number of pyridine rings is 1. The third kappa shape index (κ3) is 3.23. The lowest BCUT2D eigenvalue weighted by Crippen LogP contribution is -2.06. The van der Waals surface area contributed by atoms with Crippen molar-refractivity contribution in [3.63, 3.8) is 0 Å². The average Bonchev–Trinajstić information content (AvgIpc) is 2.89. The second-order valence-corrected chi connectivity index (χ2v) is 6.31.